The molecule has 0 saturated carbocycles. The zero-order chi connectivity index (χ0) is 15.6. The van der Waals surface area contributed by atoms with Gasteiger partial charge >= 0.3 is 0 Å². The highest BCUT2D eigenvalue weighted by Crippen LogP contribution is 2.34. The standard InChI is InChI=1S/C21H23BrN.BrH/c22-18-9-10-19-17(15-18)8-11-21(23-12-4-5-13-23)20(19)14-16-6-2-1-3-7-16;/h1-3,6-7,9-10,15,20H,4-5,8,11-14H2;1H/q+1;/p-1. The quantitative estimate of drug-likeness (QED) is 0.618. The van der Waals surface area contributed by atoms with Crippen molar-refractivity contribution < 1.29 is 21.6 Å². The van der Waals surface area contributed by atoms with Crippen molar-refractivity contribution in [3.8, 4) is 0 Å². The largest absolute Gasteiger partial charge is 1.00 e. The minimum atomic E-state index is 0. The van der Waals surface area contributed by atoms with E-state index in [1.165, 1.54) is 54.4 Å². The van der Waals surface area contributed by atoms with E-state index in [1.807, 2.05) is 0 Å². The third-order valence-corrected chi connectivity index (χ3v) is 5.82. The van der Waals surface area contributed by atoms with E-state index in [9.17, 15) is 0 Å². The van der Waals surface area contributed by atoms with Crippen LogP contribution in [0.25, 0.3) is 0 Å². The van der Waals surface area contributed by atoms with Crippen molar-refractivity contribution in [2.75, 3.05) is 13.1 Å². The zero-order valence-electron chi connectivity index (χ0n) is 13.8. The number of hydrogen-bond donors (Lipinski definition) is 0. The van der Waals surface area contributed by atoms with Crippen LogP contribution in [0.1, 0.15) is 41.9 Å². The predicted molar refractivity (Wildman–Crippen MR) is 99.6 cm³/mol. The van der Waals surface area contributed by atoms with Gasteiger partial charge in [0.15, 0.2) is 5.71 Å². The van der Waals surface area contributed by atoms with E-state index in [-0.39, 0.29) is 17.0 Å². The normalized spacial score (nSPS) is 19.8. The number of rotatable bonds is 2. The minimum absolute atomic E-state index is 0. The van der Waals surface area contributed by atoms with Gasteiger partial charge < -0.3 is 17.0 Å². The molecule has 1 atom stereocenters. The van der Waals surface area contributed by atoms with Crippen LogP contribution in [0.4, 0.5) is 0 Å². The topological polar surface area (TPSA) is 3.01 Å². The summed E-state index contributed by atoms with van der Waals surface area (Å²) in [7, 11) is 0. The molecule has 126 valence electrons. The number of hydrogen-bond acceptors (Lipinski definition) is 0. The van der Waals surface area contributed by atoms with E-state index < -0.39 is 0 Å². The van der Waals surface area contributed by atoms with Gasteiger partial charge in [-0.2, -0.15) is 0 Å². The second-order valence-corrected chi connectivity index (χ2v) is 7.69. The maximum atomic E-state index is 3.64. The van der Waals surface area contributed by atoms with Gasteiger partial charge in [0.05, 0.1) is 5.92 Å². The summed E-state index contributed by atoms with van der Waals surface area (Å²) in [4.78, 5) is 0. The maximum absolute atomic E-state index is 3.64. The molecule has 1 aliphatic carbocycles. The van der Waals surface area contributed by atoms with E-state index >= 15 is 0 Å². The second-order valence-electron chi connectivity index (χ2n) is 6.77. The molecule has 0 amide bonds. The first-order chi connectivity index (χ1) is 11.3. The van der Waals surface area contributed by atoms with Crippen LogP contribution in [0.3, 0.4) is 0 Å². The minimum Gasteiger partial charge on any atom is -1.00 e. The van der Waals surface area contributed by atoms with Gasteiger partial charge in [-0.1, -0.05) is 52.3 Å². The molecule has 0 N–H and O–H groups in total. The summed E-state index contributed by atoms with van der Waals surface area (Å²) >= 11 is 3.64. The molecular weight excluding hydrogens is 426 g/mol. The van der Waals surface area contributed by atoms with Gasteiger partial charge in [-0.3, -0.25) is 0 Å². The van der Waals surface area contributed by atoms with Crippen LogP contribution in [0.15, 0.2) is 53.0 Å². The van der Waals surface area contributed by atoms with Gasteiger partial charge in [0.2, 0.25) is 0 Å². The van der Waals surface area contributed by atoms with Crippen LogP contribution >= 0.6 is 15.9 Å². The summed E-state index contributed by atoms with van der Waals surface area (Å²) in [5, 5.41) is 0. The van der Waals surface area contributed by atoms with Crippen LogP contribution in [-0.2, 0) is 12.8 Å². The molecule has 1 aliphatic heterocycles. The van der Waals surface area contributed by atoms with E-state index in [0.29, 0.717) is 5.92 Å². The maximum Gasteiger partial charge on any atom is 0.160 e. The average Bonchev–Trinajstić information content (AvgIpc) is 3.10. The molecule has 0 bridgehead atoms. The van der Waals surface area contributed by atoms with Crippen molar-refractivity contribution in [1.29, 1.82) is 0 Å². The molecule has 1 unspecified atom stereocenters. The molecule has 3 heteroatoms. The van der Waals surface area contributed by atoms with Gasteiger partial charge in [0.1, 0.15) is 13.1 Å². The Bertz CT molecular complexity index is 729. The van der Waals surface area contributed by atoms with Crippen molar-refractivity contribution >= 4 is 21.6 Å². The van der Waals surface area contributed by atoms with Gasteiger partial charge in [0.25, 0.3) is 0 Å². The molecule has 0 aromatic heterocycles. The van der Waals surface area contributed by atoms with E-state index in [1.54, 1.807) is 11.3 Å². The molecule has 2 aromatic rings. The lowest BCUT2D eigenvalue weighted by Crippen LogP contribution is -3.00. The Morgan fingerprint density at radius 2 is 1.71 bits per heavy atom. The number of aryl methyl sites for hydroxylation is 1. The fourth-order valence-corrected chi connectivity index (χ4v) is 4.62. The zero-order valence-corrected chi connectivity index (χ0v) is 17.0. The molecule has 4 rings (SSSR count). The van der Waals surface area contributed by atoms with Crippen LogP contribution in [0, 0.1) is 0 Å². The fraction of sp³-hybridized carbons (Fsp3) is 0.381. The highest BCUT2D eigenvalue weighted by Gasteiger charge is 2.33. The summed E-state index contributed by atoms with van der Waals surface area (Å²) in [6, 6.07) is 17.9. The molecular formula is C21H23Br2N. The first kappa shape index (κ1) is 17.9. The highest BCUT2D eigenvalue weighted by molar-refractivity contribution is 9.10. The third-order valence-electron chi connectivity index (χ3n) is 5.33. The van der Waals surface area contributed by atoms with Crippen molar-refractivity contribution in [2.24, 2.45) is 0 Å². The monoisotopic (exact) mass is 447 g/mol. The Labute approximate surface area is 163 Å². The van der Waals surface area contributed by atoms with Crippen LogP contribution in [0.5, 0.6) is 0 Å². The molecule has 0 radical (unpaired) electrons. The number of halogens is 2. The summed E-state index contributed by atoms with van der Waals surface area (Å²) in [5.41, 5.74) is 6.21. The Hall–Kier alpha value is -0.930. The molecule has 1 fully saturated rings. The Morgan fingerprint density at radius 3 is 2.46 bits per heavy atom. The summed E-state index contributed by atoms with van der Waals surface area (Å²) in [6.45, 7) is 2.51. The van der Waals surface area contributed by atoms with Gasteiger partial charge in [0, 0.05) is 23.7 Å². The van der Waals surface area contributed by atoms with Crippen LogP contribution in [-0.4, -0.2) is 23.4 Å². The lowest BCUT2D eigenvalue weighted by Gasteiger charge is -2.26. The average molecular weight is 449 g/mol. The van der Waals surface area contributed by atoms with E-state index in [2.05, 4.69) is 69.0 Å². The molecule has 1 heterocycles. The fourth-order valence-electron chi connectivity index (χ4n) is 4.21. The van der Waals surface area contributed by atoms with Crippen LogP contribution in [0.2, 0.25) is 0 Å². The van der Waals surface area contributed by atoms with Crippen molar-refractivity contribution in [1.82, 2.24) is 0 Å². The molecule has 2 aromatic carbocycles. The molecule has 1 nitrogen and oxygen atoms in total. The second kappa shape index (κ2) is 7.97. The number of benzene rings is 2. The number of nitrogens with zero attached hydrogens (tertiary/aromatic N) is 1. The first-order valence-electron chi connectivity index (χ1n) is 8.74. The molecule has 0 spiro atoms. The summed E-state index contributed by atoms with van der Waals surface area (Å²) in [5.74, 6) is 0.548. The molecule has 1 saturated heterocycles. The van der Waals surface area contributed by atoms with Crippen molar-refractivity contribution in [3.63, 3.8) is 0 Å². The third kappa shape index (κ3) is 3.67. The number of fused-ring (bicyclic) bond motifs is 1. The van der Waals surface area contributed by atoms with Crippen molar-refractivity contribution in [2.45, 2.75) is 38.0 Å². The predicted octanol–water partition coefficient (Wildman–Crippen LogP) is 1.97. The summed E-state index contributed by atoms with van der Waals surface area (Å²) < 4.78 is 3.89. The summed E-state index contributed by atoms with van der Waals surface area (Å²) in [6.07, 6.45) is 6.25. The lowest BCUT2D eigenvalue weighted by molar-refractivity contribution is -0.509. The Morgan fingerprint density at radius 1 is 0.958 bits per heavy atom. The van der Waals surface area contributed by atoms with Crippen molar-refractivity contribution in [3.05, 3.63) is 69.7 Å². The van der Waals surface area contributed by atoms with Crippen LogP contribution < -0.4 is 17.0 Å². The van der Waals surface area contributed by atoms with E-state index in [4.69, 9.17) is 0 Å². The smallest absolute Gasteiger partial charge is 0.160 e. The molecule has 24 heavy (non-hydrogen) atoms. The SMILES string of the molecule is Brc1ccc2c(c1)CCC(=[N+]1CCCC1)C2Cc1ccccc1.[Br-]. The Kier molecular flexibility index (Phi) is 5.93. The first-order valence-corrected chi connectivity index (χ1v) is 9.53. The highest BCUT2D eigenvalue weighted by atomic mass is 79.9. The Balaban J connectivity index is 0.00000169. The molecule has 2 aliphatic rings. The van der Waals surface area contributed by atoms with Gasteiger partial charge in [-0.15, -0.1) is 0 Å². The van der Waals surface area contributed by atoms with Gasteiger partial charge in [-0.05, 0) is 41.7 Å². The van der Waals surface area contributed by atoms with Gasteiger partial charge in [-0.25, -0.2) is 4.58 Å². The lowest BCUT2D eigenvalue weighted by atomic mass is 9.78. The van der Waals surface area contributed by atoms with E-state index in [0.717, 1.165) is 6.42 Å².